The summed E-state index contributed by atoms with van der Waals surface area (Å²) in [7, 11) is 0. The van der Waals surface area contributed by atoms with Gasteiger partial charge in [0.2, 0.25) is 0 Å². The number of rotatable bonds is 1. The Morgan fingerprint density at radius 3 is 1.29 bits per heavy atom. The summed E-state index contributed by atoms with van der Waals surface area (Å²) in [6.07, 6.45) is 0. The van der Waals surface area contributed by atoms with Gasteiger partial charge in [-0.1, -0.05) is 6.92 Å². The summed E-state index contributed by atoms with van der Waals surface area (Å²) in [4.78, 5) is 0. The molecule has 5 heteroatoms. The molecule has 48 valence electrons. The van der Waals surface area contributed by atoms with E-state index in [1.54, 1.807) is 0 Å². The molecule has 0 atom stereocenters. The van der Waals surface area contributed by atoms with Gasteiger partial charge in [0, 0.05) is 0 Å². The molecule has 7 heavy (non-hydrogen) atoms. The number of hydrogen-bond acceptors (Lipinski definition) is 0. The zero-order valence-electron chi connectivity index (χ0n) is 3.67. The van der Waals surface area contributed by atoms with Gasteiger partial charge in [0.15, 0.2) is 0 Å². The van der Waals surface area contributed by atoms with Crippen LogP contribution in [0.3, 0.4) is 0 Å². The van der Waals surface area contributed by atoms with Crippen LogP contribution < -0.4 is 0 Å². The lowest BCUT2D eigenvalue weighted by Crippen LogP contribution is -1.79. The average Bonchev–Trinajstić information content (AvgIpc) is 1.32. The molecule has 0 amide bonds. The van der Waals surface area contributed by atoms with Crippen LogP contribution in [0.15, 0.2) is 0 Å². The molecular weight excluding hydrogens is 564 g/mol. The molecule has 0 N–H and O–H groups in total. The van der Waals surface area contributed by atoms with E-state index in [0.29, 0.717) is 0 Å². The summed E-state index contributed by atoms with van der Waals surface area (Å²) in [5.41, 5.74) is 0. The maximum atomic E-state index is 2.57. The van der Waals surface area contributed by atoms with E-state index in [1.165, 1.54) is 5.75 Å². The van der Waals surface area contributed by atoms with Gasteiger partial charge in [-0.25, -0.2) is 0 Å². The van der Waals surface area contributed by atoms with Gasteiger partial charge >= 0.3 is 0 Å². The summed E-state index contributed by atoms with van der Waals surface area (Å²) in [6, 6.07) is 0. The number of thiol groups is 1. The first-order valence-electron chi connectivity index (χ1n) is 1.70. The zero-order chi connectivity index (χ0) is 6.15. The standard InChI is InChI=1S/C2H6I4S/c1-2-7(3,4,5)6/h7H,2H2,1H3. The van der Waals surface area contributed by atoms with Crippen LogP contribution in [0.4, 0.5) is 0 Å². The second-order valence-electron chi connectivity index (χ2n) is 1.18. The smallest absolute Gasteiger partial charge is 0.00969 e. The van der Waals surface area contributed by atoms with Crippen molar-refractivity contribution in [1.82, 2.24) is 0 Å². The topological polar surface area (TPSA) is 0 Å². The van der Waals surface area contributed by atoms with Gasteiger partial charge in [-0.3, -0.25) is 0 Å². The Bertz CT molecular complexity index is 62.2. The van der Waals surface area contributed by atoms with Crippen LogP contribution in [0.1, 0.15) is 6.92 Å². The number of hydrogen-bond donors (Lipinski definition) is 1. The van der Waals surface area contributed by atoms with Crippen LogP contribution in [0, 0.1) is 0 Å². The van der Waals surface area contributed by atoms with Crippen molar-refractivity contribution in [3.63, 3.8) is 0 Å². The van der Waals surface area contributed by atoms with Crippen molar-refractivity contribution in [2.75, 3.05) is 5.75 Å². The third-order valence-electron chi connectivity index (χ3n) is 0.478. The molecule has 0 rings (SSSR count). The molecule has 0 aliphatic rings. The van der Waals surface area contributed by atoms with Crippen LogP contribution in [0.5, 0.6) is 0 Å². The molecule has 0 saturated carbocycles. The molecule has 0 unspecified atom stereocenters. The van der Waals surface area contributed by atoms with Crippen molar-refractivity contribution in [1.29, 1.82) is 0 Å². The highest BCUT2D eigenvalue weighted by Crippen LogP contribution is 2.95. The normalized spacial score (nSPS) is 18.1. The van der Waals surface area contributed by atoms with Gasteiger partial charge in [-0.05, 0) is 90.6 Å². The first kappa shape index (κ1) is 10.3. The molecular formula is C2H6I4S. The lowest BCUT2D eigenvalue weighted by Gasteiger charge is -2.35. The average molecular weight is 570 g/mol. The highest BCUT2D eigenvalue weighted by Gasteiger charge is 2.23. The molecule has 0 aliphatic carbocycles. The van der Waals surface area contributed by atoms with Crippen LogP contribution in [0.25, 0.3) is 0 Å². The van der Waals surface area contributed by atoms with Gasteiger partial charge in [-0.15, -0.1) is -2.15 Å². The highest BCUT2D eigenvalue weighted by atomic mass is 127. The summed E-state index contributed by atoms with van der Waals surface area (Å²) in [5.74, 6) is 1.31. The molecule has 0 radical (unpaired) electrons. The minimum Gasteiger partial charge on any atom is -0.116 e. The molecule has 0 saturated heterocycles. The Kier molecular flexibility index (Phi) is 4.57. The van der Waals surface area contributed by atoms with Crippen molar-refractivity contribution in [3.05, 3.63) is 0 Å². The molecule has 0 aromatic carbocycles. The molecule has 0 heterocycles. The van der Waals surface area contributed by atoms with Gasteiger partial charge < -0.3 is 0 Å². The van der Waals surface area contributed by atoms with E-state index in [-0.39, 0.29) is 0 Å². The summed E-state index contributed by atoms with van der Waals surface area (Å²) in [5, 5.41) is 0. The fourth-order valence-electron chi connectivity index (χ4n) is 0. The minimum atomic E-state index is -1.20. The first-order chi connectivity index (χ1) is 2.81. The monoisotopic (exact) mass is 570 g/mol. The SMILES string of the molecule is CC[SH](I)(I)(I)I. The molecule has 0 aromatic rings. The fourth-order valence-corrected chi connectivity index (χ4v) is 0. The van der Waals surface area contributed by atoms with E-state index in [2.05, 4.69) is 91.7 Å². The molecule has 0 fully saturated rings. The fraction of sp³-hybridized carbons (Fsp3) is 1.00. The summed E-state index contributed by atoms with van der Waals surface area (Å²) >= 11 is 10.3. The second-order valence-corrected chi connectivity index (χ2v) is 62.3. The van der Waals surface area contributed by atoms with E-state index < -0.39 is -2.15 Å². The van der Waals surface area contributed by atoms with Gasteiger partial charge in [0.1, 0.15) is 0 Å². The van der Waals surface area contributed by atoms with Crippen molar-refractivity contribution >= 4 is 82.7 Å². The lowest BCUT2D eigenvalue weighted by molar-refractivity contribution is 1.54. The van der Waals surface area contributed by atoms with Crippen molar-refractivity contribution in [3.8, 4) is 0 Å². The lowest BCUT2D eigenvalue weighted by atomic mass is 11.0. The van der Waals surface area contributed by atoms with Crippen LogP contribution >= 0.6 is 82.7 Å². The first-order valence-corrected chi connectivity index (χ1v) is 15.3. The third kappa shape index (κ3) is 9.27. The van der Waals surface area contributed by atoms with Gasteiger partial charge in [0.05, 0.1) is 0 Å². The highest BCUT2D eigenvalue weighted by molar-refractivity contribution is 14.6. The Labute approximate surface area is 93.0 Å². The summed E-state index contributed by atoms with van der Waals surface area (Å²) < 4.78 is -1.20. The number of halogens is 4. The Morgan fingerprint density at radius 1 is 1.14 bits per heavy atom. The van der Waals surface area contributed by atoms with Crippen LogP contribution in [-0.4, -0.2) is 5.75 Å². The minimum absolute atomic E-state index is 1.20. The van der Waals surface area contributed by atoms with Crippen molar-refractivity contribution < 1.29 is 0 Å². The van der Waals surface area contributed by atoms with E-state index in [0.717, 1.165) is 0 Å². The van der Waals surface area contributed by atoms with E-state index >= 15 is 0 Å². The van der Waals surface area contributed by atoms with Gasteiger partial charge in [0.25, 0.3) is 0 Å². The summed E-state index contributed by atoms with van der Waals surface area (Å²) in [6.45, 7) is 2.25. The largest absolute Gasteiger partial charge is 0.116 e. The Morgan fingerprint density at radius 2 is 1.29 bits per heavy atom. The van der Waals surface area contributed by atoms with E-state index in [1.807, 2.05) is 0 Å². The second kappa shape index (κ2) is 3.11. The Balaban J connectivity index is 3.83. The molecule has 0 spiro atoms. The van der Waals surface area contributed by atoms with Gasteiger partial charge in [-0.2, -0.15) is 0 Å². The zero-order valence-corrected chi connectivity index (χ0v) is 13.2. The van der Waals surface area contributed by atoms with Crippen LogP contribution in [0.2, 0.25) is 0 Å². The maximum Gasteiger partial charge on any atom is -0.00969 e. The van der Waals surface area contributed by atoms with Crippen LogP contribution in [-0.2, 0) is 0 Å². The Hall–Kier alpha value is 3.27. The molecule has 0 aliphatic heterocycles. The molecule has 0 aromatic heterocycles. The quantitative estimate of drug-likeness (QED) is 0.350. The van der Waals surface area contributed by atoms with E-state index in [4.69, 9.17) is 0 Å². The predicted octanol–water partition coefficient (Wildman–Crippen LogP) is 4.48. The van der Waals surface area contributed by atoms with Crippen molar-refractivity contribution in [2.24, 2.45) is 0 Å². The molecule has 0 bridgehead atoms. The van der Waals surface area contributed by atoms with Crippen molar-refractivity contribution in [2.45, 2.75) is 6.92 Å². The van der Waals surface area contributed by atoms with E-state index in [9.17, 15) is 0 Å². The molecule has 0 nitrogen and oxygen atoms in total. The predicted molar refractivity (Wildman–Crippen MR) is 75.6 cm³/mol. The maximum absolute atomic E-state index is 2.57. The third-order valence-corrected chi connectivity index (χ3v) is 9.62.